The first-order valence-electron chi connectivity index (χ1n) is 5.70. The van der Waals surface area contributed by atoms with Gasteiger partial charge in [0.2, 0.25) is 0 Å². The van der Waals surface area contributed by atoms with Crippen molar-refractivity contribution in [2.75, 3.05) is 0 Å². The molecule has 3 heteroatoms. The Kier molecular flexibility index (Phi) is 2.10. The van der Waals surface area contributed by atoms with Crippen LogP contribution in [-0.2, 0) is 0 Å². The number of nitrogens with zero attached hydrogens (tertiary/aromatic N) is 1. The van der Waals surface area contributed by atoms with E-state index < -0.39 is 0 Å². The lowest BCUT2D eigenvalue weighted by molar-refractivity contribution is 1.47. The van der Waals surface area contributed by atoms with E-state index in [4.69, 9.17) is 11.6 Å². The normalized spacial score (nSPS) is 11.6. The van der Waals surface area contributed by atoms with Crippen LogP contribution in [0.15, 0.2) is 48.5 Å². The maximum absolute atomic E-state index is 6.29. The highest BCUT2D eigenvalue weighted by molar-refractivity contribution is 7.26. The molecule has 1 nitrogen and oxygen atoms in total. The van der Waals surface area contributed by atoms with E-state index in [2.05, 4.69) is 29.2 Å². The van der Waals surface area contributed by atoms with Gasteiger partial charge in [-0.15, -0.1) is 11.3 Å². The molecule has 0 aliphatic rings. The SMILES string of the molecule is Clc1nc2c3ccccc3sc2c2ccccc12. The number of rotatable bonds is 0. The Morgan fingerprint density at radius 1 is 0.833 bits per heavy atom. The van der Waals surface area contributed by atoms with Crippen LogP contribution in [0.25, 0.3) is 31.1 Å². The van der Waals surface area contributed by atoms with E-state index in [1.54, 1.807) is 11.3 Å². The summed E-state index contributed by atoms with van der Waals surface area (Å²) in [4.78, 5) is 4.57. The molecule has 2 aromatic carbocycles. The van der Waals surface area contributed by atoms with E-state index in [1.165, 1.54) is 20.2 Å². The summed E-state index contributed by atoms with van der Waals surface area (Å²) in [5, 5.41) is 3.98. The highest BCUT2D eigenvalue weighted by atomic mass is 35.5. The van der Waals surface area contributed by atoms with Crippen molar-refractivity contribution < 1.29 is 0 Å². The third-order valence-electron chi connectivity index (χ3n) is 3.17. The van der Waals surface area contributed by atoms with Crippen LogP contribution >= 0.6 is 22.9 Å². The molecule has 2 aromatic heterocycles. The lowest BCUT2D eigenvalue weighted by Gasteiger charge is -2.01. The van der Waals surface area contributed by atoms with E-state index in [0.717, 1.165) is 10.9 Å². The fraction of sp³-hybridized carbons (Fsp3) is 0. The topological polar surface area (TPSA) is 12.9 Å². The van der Waals surface area contributed by atoms with Gasteiger partial charge >= 0.3 is 0 Å². The van der Waals surface area contributed by atoms with Crippen LogP contribution in [0.4, 0.5) is 0 Å². The van der Waals surface area contributed by atoms with Gasteiger partial charge in [0.1, 0.15) is 5.15 Å². The molecular weight excluding hydrogens is 262 g/mol. The van der Waals surface area contributed by atoms with Crippen LogP contribution in [0.1, 0.15) is 0 Å². The van der Waals surface area contributed by atoms with E-state index in [9.17, 15) is 0 Å². The maximum atomic E-state index is 6.29. The van der Waals surface area contributed by atoms with Crippen molar-refractivity contribution in [3.8, 4) is 0 Å². The zero-order valence-electron chi connectivity index (χ0n) is 9.35. The first kappa shape index (κ1) is 10.3. The van der Waals surface area contributed by atoms with E-state index in [-0.39, 0.29) is 0 Å². The lowest BCUT2D eigenvalue weighted by atomic mass is 10.1. The van der Waals surface area contributed by atoms with Gasteiger partial charge in [0.15, 0.2) is 0 Å². The van der Waals surface area contributed by atoms with Gasteiger partial charge in [-0.2, -0.15) is 0 Å². The molecule has 0 fully saturated rings. The highest BCUT2D eigenvalue weighted by Crippen LogP contribution is 2.38. The van der Waals surface area contributed by atoms with Crippen LogP contribution in [-0.4, -0.2) is 4.98 Å². The molecule has 0 amide bonds. The Morgan fingerprint density at radius 2 is 1.50 bits per heavy atom. The molecule has 0 unspecified atom stereocenters. The van der Waals surface area contributed by atoms with Crippen LogP contribution in [0.2, 0.25) is 5.15 Å². The smallest absolute Gasteiger partial charge is 0.137 e. The number of halogens is 1. The molecule has 0 N–H and O–H groups in total. The predicted molar refractivity (Wildman–Crippen MR) is 79.6 cm³/mol. The second-order valence-electron chi connectivity index (χ2n) is 4.22. The molecule has 4 rings (SSSR count). The second kappa shape index (κ2) is 3.67. The summed E-state index contributed by atoms with van der Waals surface area (Å²) in [6.07, 6.45) is 0. The van der Waals surface area contributed by atoms with Crippen molar-refractivity contribution >= 4 is 54.0 Å². The van der Waals surface area contributed by atoms with Crippen molar-refractivity contribution in [2.24, 2.45) is 0 Å². The highest BCUT2D eigenvalue weighted by Gasteiger charge is 2.11. The monoisotopic (exact) mass is 269 g/mol. The van der Waals surface area contributed by atoms with Crippen LogP contribution < -0.4 is 0 Å². The number of benzene rings is 2. The zero-order valence-corrected chi connectivity index (χ0v) is 10.9. The van der Waals surface area contributed by atoms with E-state index in [0.29, 0.717) is 5.15 Å². The van der Waals surface area contributed by atoms with Crippen LogP contribution in [0.3, 0.4) is 0 Å². The Bertz CT molecular complexity index is 895. The van der Waals surface area contributed by atoms with Gasteiger partial charge in [-0.3, -0.25) is 0 Å². The fourth-order valence-electron chi connectivity index (χ4n) is 2.34. The van der Waals surface area contributed by atoms with Gasteiger partial charge in [-0.25, -0.2) is 4.98 Å². The summed E-state index contributed by atoms with van der Waals surface area (Å²) < 4.78 is 2.48. The number of aromatic nitrogens is 1. The third-order valence-corrected chi connectivity index (χ3v) is 4.65. The molecule has 0 spiro atoms. The second-order valence-corrected chi connectivity index (χ2v) is 5.63. The molecule has 0 bridgehead atoms. The molecule has 0 saturated carbocycles. The van der Waals surface area contributed by atoms with Crippen molar-refractivity contribution in [2.45, 2.75) is 0 Å². The van der Waals surface area contributed by atoms with E-state index >= 15 is 0 Å². The largest absolute Gasteiger partial charge is 0.234 e. The standard InChI is InChI=1S/C15H8ClNS/c16-15-10-6-2-1-5-9(10)14-13(17-15)11-7-3-4-8-12(11)18-14/h1-8H. The Morgan fingerprint density at radius 3 is 2.33 bits per heavy atom. The number of hydrogen-bond acceptors (Lipinski definition) is 2. The third kappa shape index (κ3) is 1.30. The molecule has 18 heavy (non-hydrogen) atoms. The molecule has 86 valence electrons. The fourth-order valence-corrected chi connectivity index (χ4v) is 3.78. The number of pyridine rings is 1. The number of hydrogen-bond donors (Lipinski definition) is 0. The maximum Gasteiger partial charge on any atom is 0.137 e. The first-order valence-corrected chi connectivity index (χ1v) is 6.89. The Balaban J connectivity index is 2.36. The quantitative estimate of drug-likeness (QED) is 0.397. The van der Waals surface area contributed by atoms with Gasteiger partial charge in [0.25, 0.3) is 0 Å². The van der Waals surface area contributed by atoms with Crippen molar-refractivity contribution in [3.05, 3.63) is 53.7 Å². The Labute approximate surface area is 113 Å². The van der Waals surface area contributed by atoms with Crippen molar-refractivity contribution in [1.82, 2.24) is 4.98 Å². The molecular formula is C15H8ClNS. The average molecular weight is 270 g/mol. The van der Waals surface area contributed by atoms with Crippen molar-refractivity contribution in [3.63, 3.8) is 0 Å². The van der Waals surface area contributed by atoms with Gasteiger partial charge in [-0.05, 0) is 6.07 Å². The molecule has 0 aliphatic carbocycles. The van der Waals surface area contributed by atoms with Gasteiger partial charge < -0.3 is 0 Å². The van der Waals surface area contributed by atoms with Gasteiger partial charge in [-0.1, -0.05) is 54.1 Å². The van der Waals surface area contributed by atoms with E-state index in [1.807, 2.05) is 24.3 Å². The summed E-state index contributed by atoms with van der Waals surface area (Å²) in [5.41, 5.74) is 1.01. The van der Waals surface area contributed by atoms with Gasteiger partial charge in [0.05, 0.1) is 10.2 Å². The summed E-state index contributed by atoms with van der Waals surface area (Å²) in [5.74, 6) is 0. The first-order chi connectivity index (χ1) is 8.84. The summed E-state index contributed by atoms with van der Waals surface area (Å²) in [6.45, 7) is 0. The molecule has 0 saturated heterocycles. The predicted octanol–water partition coefficient (Wildman–Crippen LogP) is 5.26. The summed E-state index contributed by atoms with van der Waals surface area (Å²) >= 11 is 8.07. The van der Waals surface area contributed by atoms with Crippen LogP contribution in [0, 0.1) is 0 Å². The minimum atomic E-state index is 0.585. The average Bonchev–Trinajstić information content (AvgIpc) is 2.78. The van der Waals surface area contributed by atoms with Crippen LogP contribution in [0.5, 0.6) is 0 Å². The summed E-state index contributed by atoms with van der Waals surface area (Å²) in [7, 11) is 0. The molecule has 4 aromatic rings. The minimum absolute atomic E-state index is 0.585. The number of fused-ring (bicyclic) bond motifs is 5. The molecule has 0 radical (unpaired) electrons. The zero-order chi connectivity index (χ0) is 12.1. The Hall–Kier alpha value is -1.64. The lowest BCUT2D eigenvalue weighted by Crippen LogP contribution is -1.80. The number of thiophene rings is 1. The molecule has 0 atom stereocenters. The van der Waals surface area contributed by atoms with Crippen molar-refractivity contribution in [1.29, 1.82) is 0 Å². The van der Waals surface area contributed by atoms with Gasteiger partial charge in [0, 0.05) is 20.9 Å². The molecule has 2 heterocycles. The summed E-state index contributed by atoms with van der Waals surface area (Å²) in [6, 6.07) is 16.5. The minimum Gasteiger partial charge on any atom is -0.234 e. The molecule has 0 aliphatic heterocycles.